The molecule has 3 aromatic rings. The lowest BCUT2D eigenvalue weighted by atomic mass is 10.2. The van der Waals surface area contributed by atoms with E-state index in [0.29, 0.717) is 5.56 Å². The van der Waals surface area contributed by atoms with Gasteiger partial charge < -0.3 is 4.74 Å². The Morgan fingerprint density at radius 2 is 1.74 bits per heavy atom. The second kappa shape index (κ2) is 10.0. The predicted molar refractivity (Wildman–Crippen MR) is 119 cm³/mol. The number of halogens is 2. The minimum atomic E-state index is -0.669. The van der Waals surface area contributed by atoms with Crippen LogP contribution in [0.4, 0.5) is 5.69 Å². The number of hydrogen-bond acceptors (Lipinski definition) is 7. The van der Waals surface area contributed by atoms with Crippen molar-refractivity contribution in [2.75, 3.05) is 0 Å². The van der Waals surface area contributed by atoms with Crippen LogP contribution in [0.15, 0.2) is 75.0 Å². The number of amides is 1. The molecule has 0 unspecified atom stereocenters. The highest BCUT2D eigenvalue weighted by atomic mass is 79.9. The van der Waals surface area contributed by atoms with Gasteiger partial charge in [-0.2, -0.15) is 5.10 Å². The normalized spacial score (nSPS) is 10.6. The van der Waals surface area contributed by atoms with Crippen molar-refractivity contribution in [1.82, 2.24) is 10.4 Å². The highest BCUT2D eigenvalue weighted by Gasteiger charge is 2.19. The van der Waals surface area contributed by atoms with Crippen molar-refractivity contribution in [3.05, 3.63) is 96.7 Å². The summed E-state index contributed by atoms with van der Waals surface area (Å²) in [4.78, 5) is 39.0. The molecule has 0 atom stereocenters. The molecule has 3 rings (SSSR count). The number of rotatable bonds is 6. The summed E-state index contributed by atoms with van der Waals surface area (Å²) < 4.78 is 6.41. The summed E-state index contributed by atoms with van der Waals surface area (Å²) in [7, 11) is 0. The molecular formula is C20H12Br2N4O5. The van der Waals surface area contributed by atoms with Crippen LogP contribution in [0, 0.1) is 10.1 Å². The van der Waals surface area contributed by atoms with Crippen LogP contribution in [0.3, 0.4) is 0 Å². The van der Waals surface area contributed by atoms with Gasteiger partial charge in [-0.25, -0.2) is 10.2 Å². The first-order valence-corrected chi connectivity index (χ1v) is 10.1. The van der Waals surface area contributed by atoms with Gasteiger partial charge in [-0.15, -0.1) is 0 Å². The molecule has 0 saturated carbocycles. The lowest BCUT2D eigenvalue weighted by molar-refractivity contribution is -0.385. The smallest absolute Gasteiger partial charge is 0.343 e. The van der Waals surface area contributed by atoms with E-state index >= 15 is 0 Å². The Kier molecular flexibility index (Phi) is 7.21. The fourth-order valence-electron chi connectivity index (χ4n) is 2.37. The van der Waals surface area contributed by atoms with E-state index in [2.05, 4.69) is 47.4 Å². The molecule has 0 aliphatic rings. The fraction of sp³-hybridized carbons (Fsp3) is 0. The van der Waals surface area contributed by atoms with E-state index in [0.717, 1.165) is 10.7 Å². The van der Waals surface area contributed by atoms with Crippen LogP contribution in [0.2, 0.25) is 0 Å². The van der Waals surface area contributed by atoms with E-state index < -0.39 is 16.8 Å². The molecule has 156 valence electrons. The van der Waals surface area contributed by atoms with E-state index in [-0.39, 0.29) is 27.0 Å². The number of nitrogens with one attached hydrogen (secondary N) is 1. The van der Waals surface area contributed by atoms with Gasteiger partial charge in [-0.3, -0.25) is 19.9 Å². The molecule has 9 nitrogen and oxygen atoms in total. The van der Waals surface area contributed by atoms with Gasteiger partial charge in [0.1, 0.15) is 0 Å². The van der Waals surface area contributed by atoms with E-state index in [9.17, 15) is 19.7 Å². The van der Waals surface area contributed by atoms with Gasteiger partial charge in [-0.1, -0.05) is 15.9 Å². The van der Waals surface area contributed by atoms with Gasteiger partial charge in [-0.05, 0) is 52.3 Å². The molecule has 1 amide bonds. The summed E-state index contributed by atoms with van der Waals surface area (Å²) in [5.74, 6) is -1.16. The first-order valence-electron chi connectivity index (χ1n) is 8.54. The summed E-state index contributed by atoms with van der Waals surface area (Å²) >= 11 is 6.48. The molecule has 1 aromatic heterocycles. The number of non-ortho nitro benzene ring substituents is 1. The number of carbonyl (C=O) groups excluding carboxylic acids is 2. The van der Waals surface area contributed by atoms with Gasteiger partial charge in [0.2, 0.25) is 0 Å². The molecule has 0 bridgehead atoms. The zero-order valence-electron chi connectivity index (χ0n) is 15.5. The highest BCUT2D eigenvalue weighted by Crippen LogP contribution is 2.33. The number of hydrogen-bond donors (Lipinski definition) is 1. The van der Waals surface area contributed by atoms with Crippen LogP contribution < -0.4 is 10.2 Å². The molecule has 2 aromatic carbocycles. The maximum atomic E-state index is 12.5. The Labute approximate surface area is 192 Å². The summed E-state index contributed by atoms with van der Waals surface area (Å²) in [6.45, 7) is 0. The number of esters is 1. The van der Waals surface area contributed by atoms with Crippen LogP contribution in [0.25, 0.3) is 0 Å². The lowest BCUT2D eigenvalue weighted by Gasteiger charge is -2.10. The van der Waals surface area contributed by atoms with Gasteiger partial charge in [0.25, 0.3) is 11.6 Å². The third-order valence-corrected chi connectivity index (χ3v) is 4.97. The molecule has 0 radical (unpaired) electrons. The Balaban J connectivity index is 1.88. The molecule has 0 aliphatic carbocycles. The topological polar surface area (TPSA) is 124 Å². The summed E-state index contributed by atoms with van der Waals surface area (Å²) in [6.07, 6.45) is 4.06. The van der Waals surface area contributed by atoms with Crippen LogP contribution in [0.5, 0.6) is 5.75 Å². The third kappa shape index (κ3) is 5.80. The number of nitro groups is 1. The van der Waals surface area contributed by atoms with Crippen molar-refractivity contribution in [1.29, 1.82) is 0 Å². The average Bonchev–Trinajstić information content (AvgIpc) is 2.76. The number of nitro benzene ring substituents is 1. The molecule has 31 heavy (non-hydrogen) atoms. The number of benzene rings is 2. The first-order chi connectivity index (χ1) is 14.8. The fourth-order valence-corrected chi connectivity index (χ4v) is 3.18. The van der Waals surface area contributed by atoms with E-state index in [1.54, 1.807) is 24.3 Å². The number of carbonyl (C=O) groups is 2. The van der Waals surface area contributed by atoms with Crippen LogP contribution in [-0.2, 0) is 0 Å². The molecule has 1 N–H and O–H groups in total. The maximum Gasteiger partial charge on any atom is 0.343 e. The molecule has 1 heterocycles. The van der Waals surface area contributed by atoms with Gasteiger partial charge in [0.15, 0.2) is 5.75 Å². The first kappa shape index (κ1) is 22.2. The largest absolute Gasteiger partial charge is 0.421 e. The quantitative estimate of drug-likeness (QED) is 0.159. The Bertz CT molecular complexity index is 1170. The maximum absolute atomic E-state index is 12.5. The monoisotopic (exact) mass is 546 g/mol. The number of pyridine rings is 1. The second-order valence-electron chi connectivity index (χ2n) is 5.93. The SMILES string of the molecule is O=C(N/N=C/c1cc([N+](=O)[O-])cc(Br)c1OC(=O)c1ccc(Br)cc1)c1ccncc1. The van der Waals surface area contributed by atoms with Crippen LogP contribution >= 0.6 is 31.9 Å². The molecular weight excluding hydrogens is 536 g/mol. The van der Waals surface area contributed by atoms with Crippen LogP contribution in [-0.4, -0.2) is 28.0 Å². The zero-order valence-corrected chi connectivity index (χ0v) is 18.7. The molecule has 11 heteroatoms. The van der Waals surface area contributed by atoms with Gasteiger partial charge in [0, 0.05) is 40.1 Å². The minimum Gasteiger partial charge on any atom is -0.421 e. The van der Waals surface area contributed by atoms with Crippen molar-refractivity contribution in [3.8, 4) is 5.75 Å². The lowest BCUT2D eigenvalue weighted by Crippen LogP contribution is -2.17. The molecule has 0 fully saturated rings. The van der Waals surface area contributed by atoms with E-state index in [1.165, 1.54) is 36.7 Å². The van der Waals surface area contributed by atoms with Gasteiger partial charge in [0.05, 0.1) is 21.2 Å². The Morgan fingerprint density at radius 3 is 2.39 bits per heavy atom. The molecule has 0 saturated heterocycles. The minimum absolute atomic E-state index is 0.0143. The van der Waals surface area contributed by atoms with Crippen molar-refractivity contribution in [2.24, 2.45) is 5.10 Å². The zero-order chi connectivity index (χ0) is 22.4. The van der Waals surface area contributed by atoms with Crippen molar-refractivity contribution < 1.29 is 19.2 Å². The number of hydrazone groups is 1. The van der Waals surface area contributed by atoms with E-state index in [1.807, 2.05) is 0 Å². The van der Waals surface area contributed by atoms with Crippen molar-refractivity contribution in [3.63, 3.8) is 0 Å². The summed E-state index contributed by atoms with van der Waals surface area (Å²) in [5, 5.41) is 15.0. The van der Waals surface area contributed by atoms with Crippen molar-refractivity contribution >= 4 is 55.6 Å². The number of aromatic nitrogens is 1. The van der Waals surface area contributed by atoms with Crippen LogP contribution in [0.1, 0.15) is 26.3 Å². The number of nitrogens with zero attached hydrogens (tertiary/aromatic N) is 3. The Hall–Kier alpha value is -3.44. The molecule has 0 aliphatic heterocycles. The van der Waals surface area contributed by atoms with Gasteiger partial charge >= 0.3 is 5.97 Å². The second-order valence-corrected chi connectivity index (χ2v) is 7.70. The summed E-state index contributed by atoms with van der Waals surface area (Å²) in [5.41, 5.74) is 2.77. The summed E-state index contributed by atoms with van der Waals surface area (Å²) in [6, 6.07) is 11.9. The third-order valence-electron chi connectivity index (χ3n) is 3.85. The van der Waals surface area contributed by atoms with Crippen molar-refractivity contribution in [2.45, 2.75) is 0 Å². The highest BCUT2D eigenvalue weighted by molar-refractivity contribution is 9.10. The molecule has 0 spiro atoms. The predicted octanol–water partition coefficient (Wildman–Crippen LogP) is 4.50. The number of ether oxygens (including phenoxy) is 1. The standard InChI is InChI=1S/C20H12Br2N4O5/c21-15-3-1-13(2-4-15)20(28)31-18-14(9-16(26(29)30)10-17(18)22)11-24-25-19(27)12-5-7-23-8-6-12/h1-11H,(H,25,27)/b24-11+. The average molecular weight is 548 g/mol. The Morgan fingerprint density at radius 1 is 1.06 bits per heavy atom. The van der Waals surface area contributed by atoms with E-state index in [4.69, 9.17) is 4.74 Å².